The van der Waals surface area contributed by atoms with Gasteiger partial charge in [0, 0.05) is 11.5 Å². The van der Waals surface area contributed by atoms with Crippen LogP contribution in [0.15, 0.2) is 48.5 Å². The quantitative estimate of drug-likeness (QED) is 0.491. The second-order valence-electron chi connectivity index (χ2n) is 4.21. The van der Waals surface area contributed by atoms with Gasteiger partial charge in [-0.15, -0.1) is 0 Å². The molecule has 0 N–H and O–H groups in total. The summed E-state index contributed by atoms with van der Waals surface area (Å²) in [5.74, 6) is 0. The molecule has 2 heterocycles. The molecule has 4 rings (SSSR count). The molecule has 1 atom stereocenters. The summed E-state index contributed by atoms with van der Waals surface area (Å²) in [6.45, 7) is 0. The predicted molar refractivity (Wildman–Crippen MR) is 79.0 cm³/mol. The maximum Gasteiger partial charge on any atom is 0.206 e. The van der Waals surface area contributed by atoms with Gasteiger partial charge >= 0.3 is 0 Å². The van der Waals surface area contributed by atoms with Crippen molar-refractivity contribution in [3.05, 3.63) is 48.5 Å². The van der Waals surface area contributed by atoms with Gasteiger partial charge in [-0.25, -0.2) is 0 Å². The lowest BCUT2D eigenvalue weighted by Crippen LogP contribution is -1.78. The molecule has 0 radical (unpaired) electrons. The first-order chi connectivity index (χ1) is 9.34. The summed E-state index contributed by atoms with van der Waals surface area (Å²) in [5, 5.41) is 2.00. The molecule has 0 saturated carbocycles. The van der Waals surface area contributed by atoms with Gasteiger partial charge < -0.3 is 4.55 Å². The molecule has 0 amide bonds. The van der Waals surface area contributed by atoms with Crippen LogP contribution in [0, 0.1) is 0 Å². The SMILES string of the molecule is [O-][s+]1nc(-c2nsc3ccccc23)c2ccccc21. The monoisotopic (exact) mass is 284 g/mol. The maximum atomic E-state index is 12.0. The zero-order valence-corrected chi connectivity index (χ0v) is 11.4. The van der Waals surface area contributed by atoms with E-state index in [0.29, 0.717) is 0 Å². The molecular weight excluding hydrogens is 276 g/mol. The van der Waals surface area contributed by atoms with Gasteiger partial charge in [0.15, 0.2) is 5.69 Å². The van der Waals surface area contributed by atoms with E-state index in [-0.39, 0.29) is 0 Å². The highest BCUT2D eigenvalue weighted by atomic mass is 32.2. The molecule has 0 aliphatic carbocycles. The van der Waals surface area contributed by atoms with Crippen molar-refractivity contribution >= 4 is 42.7 Å². The third-order valence-corrected chi connectivity index (χ3v) is 5.01. The molecule has 0 spiro atoms. The number of fused-ring (bicyclic) bond motifs is 2. The van der Waals surface area contributed by atoms with Crippen molar-refractivity contribution in [2.45, 2.75) is 0 Å². The Hall–Kier alpha value is -1.82. The molecule has 0 bridgehead atoms. The van der Waals surface area contributed by atoms with E-state index in [9.17, 15) is 4.55 Å². The van der Waals surface area contributed by atoms with Crippen molar-refractivity contribution in [3.63, 3.8) is 0 Å². The summed E-state index contributed by atoms with van der Waals surface area (Å²) >= 11 is 1.45. The van der Waals surface area contributed by atoms with Crippen molar-refractivity contribution in [1.82, 2.24) is 8.75 Å². The highest BCUT2D eigenvalue weighted by Crippen LogP contribution is 2.38. The Balaban J connectivity index is 2.10. The topological polar surface area (TPSA) is 48.8 Å². The number of nitrogens with zero attached hydrogens (tertiary/aromatic N) is 2. The molecule has 5 heteroatoms. The van der Waals surface area contributed by atoms with Crippen molar-refractivity contribution in [1.29, 1.82) is 0 Å². The first-order valence-corrected chi connectivity index (χ1v) is 7.67. The molecule has 2 aromatic carbocycles. The third-order valence-electron chi connectivity index (χ3n) is 3.11. The summed E-state index contributed by atoms with van der Waals surface area (Å²) < 4.78 is 22.7. The number of hydrogen-bond acceptors (Lipinski definition) is 4. The minimum atomic E-state index is -1.30. The van der Waals surface area contributed by atoms with Crippen LogP contribution in [-0.2, 0) is 0 Å². The molecule has 92 valence electrons. The minimum absolute atomic E-state index is 0.742. The molecule has 2 aromatic heterocycles. The van der Waals surface area contributed by atoms with Gasteiger partial charge in [0.25, 0.3) is 0 Å². The zero-order valence-electron chi connectivity index (χ0n) is 9.74. The lowest BCUT2D eigenvalue weighted by Gasteiger charge is -1.91. The number of rotatable bonds is 1. The van der Waals surface area contributed by atoms with Crippen molar-refractivity contribution in [2.24, 2.45) is 0 Å². The van der Waals surface area contributed by atoms with Crippen LogP contribution in [-0.4, -0.2) is 13.3 Å². The number of aromatic nitrogens is 2. The summed E-state index contributed by atoms with van der Waals surface area (Å²) in [5.41, 5.74) is 1.57. The van der Waals surface area contributed by atoms with Gasteiger partial charge in [-0.05, 0) is 28.0 Å². The number of hydrogen-bond donors (Lipinski definition) is 0. The van der Waals surface area contributed by atoms with Crippen LogP contribution in [0.3, 0.4) is 0 Å². The van der Waals surface area contributed by atoms with Gasteiger partial charge in [-0.2, -0.15) is 4.37 Å². The van der Waals surface area contributed by atoms with E-state index < -0.39 is 10.9 Å². The van der Waals surface area contributed by atoms with E-state index in [2.05, 4.69) is 8.75 Å². The fourth-order valence-corrected chi connectivity index (χ4v) is 4.00. The fraction of sp³-hybridized carbons (Fsp3) is 0. The van der Waals surface area contributed by atoms with E-state index in [1.807, 2.05) is 48.5 Å². The van der Waals surface area contributed by atoms with Crippen LogP contribution in [0.5, 0.6) is 0 Å². The average molecular weight is 284 g/mol. The van der Waals surface area contributed by atoms with E-state index in [1.165, 1.54) is 11.5 Å². The van der Waals surface area contributed by atoms with Gasteiger partial charge in [0.05, 0.1) is 21.0 Å². The Labute approximate surface area is 116 Å². The van der Waals surface area contributed by atoms with E-state index in [0.717, 1.165) is 31.6 Å². The van der Waals surface area contributed by atoms with Crippen LogP contribution in [0.2, 0.25) is 0 Å². The molecule has 0 aliphatic heterocycles. The van der Waals surface area contributed by atoms with Crippen LogP contribution in [0.25, 0.3) is 31.6 Å². The Bertz CT molecular complexity index is 895. The van der Waals surface area contributed by atoms with Gasteiger partial charge in [-0.1, -0.05) is 30.3 Å². The Kier molecular flexibility index (Phi) is 2.38. The highest BCUT2D eigenvalue weighted by Gasteiger charge is 2.20. The Morgan fingerprint density at radius 1 is 0.895 bits per heavy atom. The van der Waals surface area contributed by atoms with E-state index >= 15 is 0 Å². The first-order valence-electron chi connectivity index (χ1n) is 5.79. The van der Waals surface area contributed by atoms with Crippen LogP contribution in [0.1, 0.15) is 0 Å². The van der Waals surface area contributed by atoms with Crippen molar-refractivity contribution in [3.8, 4) is 11.4 Å². The molecular formula is C14H8N2OS2. The largest absolute Gasteiger partial charge is 0.568 e. The zero-order chi connectivity index (χ0) is 12.8. The molecule has 0 saturated heterocycles. The van der Waals surface area contributed by atoms with Gasteiger partial charge in [0.2, 0.25) is 4.70 Å². The summed E-state index contributed by atoms with van der Waals surface area (Å²) in [7, 11) is -1.30. The maximum absolute atomic E-state index is 12.0. The Morgan fingerprint density at radius 2 is 1.63 bits per heavy atom. The fourth-order valence-electron chi connectivity index (χ4n) is 2.22. The predicted octanol–water partition coefficient (Wildman–Crippen LogP) is 4.24. The lowest BCUT2D eigenvalue weighted by molar-refractivity contribution is 0.593. The lowest BCUT2D eigenvalue weighted by atomic mass is 10.1. The van der Waals surface area contributed by atoms with Crippen LogP contribution in [0.4, 0.5) is 0 Å². The average Bonchev–Trinajstić information content (AvgIpc) is 3.01. The molecule has 19 heavy (non-hydrogen) atoms. The molecule has 1 unspecified atom stereocenters. The minimum Gasteiger partial charge on any atom is -0.568 e. The summed E-state index contributed by atoms with van der Waals surface area (Å²) in [6.07, 6.45) is 0. The highest BCUT2D eigenvalue weighted by molar-refractivity contribution is 7.26. The number of benzene rings is 2. The second-order valence-corrected chi connectivity index (χ2v) is 6.14. The van der Waals surface area contributed by atoms with E-state index in [4.69, 9.17) is 0 Å². The molecule has 3 nitrogen and oxygen atoms in total. The first kappa shape index (κ1) is 11.0. The van der Waals surface area contributed by atoms with Crippen LogP contribution < -0.4 is 0 Å². The third kappa shape index (κ3) is 1.59. The van der Waals surface area contributed by atoms with Crippen molar-refractivity contribution < 1.29 is 4.55 Å². The Morgan fingerprint density at radius 3 is 2.53 bits per heavy atom. The molecule has 0 fully saturated rings. The second kappa shape index (κ2) is 4.09. The standard InChI is InChI=1S/C14H8N2OS2/c17-19-12-8-4-2-6-10(12)14(16-19)13-9-5-1-3-7-11(9)18-15-13/h1-8H. The van der Waals surface area contributed by atoms with Crippen molar-refractivity contribution in [2.75, 3.05) is 0 Å². The summed E-state index contributed by atoms with van der Waals surface area (Å²) in [6, 6.07) is 15.7. The van der Waals surface area contributed by atoms with E-state index in [1.54, 1.807) is 0 Å². The summed E-state index contributed by atoms with van der Waals surface area (Å²) in [4.78, 5) is 0. The normalized spacial score (nSPS) is 12.4. The molecule has 4 aromatic rings. The van der Waals surface area contributed by atoms with Gasteiger partial charge in [0.1, 0.15) is 5.69 Å². The van der Waals surface area contributed by atoms with Crippen LogP contribution >= 0.6 is 22.5 Å². The smallest absolute Gasteiger partial charge is 0.206 e. The van der Waals surface area contributed by atoms with Gasteiger partial charge in [-0.3, -0.25) is 0 Å². The molecule has 0 aliphatic rings.